The van der Waals surface area contributed by atoms with Gasteiger partial charge in [0.2, 0.25) is 0 Å². The molecule has 0 saturated carbocycles. The van der Waals surface area contributed by atoms with Crippen molar-refractivity contribution in [3.63, 3.8) is 0 Å². The first kappa shape index (κ1) is 15.6. The van der Waals surface area contributed by atoms with E-state index in [0.29, 0.717) is 17.8 Å². The van der Waals surface area contributed by atoms with Gasteiger partial charge in [0.05, 0.1) is 11.4 Å². The largest absolute Gasteiger partial charge is 0.397 e. The third-order valence-corrected chi connectivity index (χ3v) is 3.66. The average Bonchev–Trinajstić information content (AvgIpc) is 2.63. The summed E-state index contributed by atoms with van der Waals surface area (Å²) in [6.07, 6.45) is 0. The Balaban J connectivity index is 1.66. The third kappa shape index (κ3) is 3.93. The van der Waals surface area contributed by atoms with Gasteiger partial charge in [0.15, 0.2) is 0 Å². The first-order chi connectivity index (χ1) is 11.7. The number of carbonyl (C=O) groups is 1. The number of amides is 1. The molecular weight excluding hydrogens is 298 g/mol. The number of para-hydroxylation sites is 1. The summed E-state index contributed by atoms with van der Waals surface area (Å²) < 4.78 is 0. The molecule has 4 N–H and O–H groups in total. The minimum atomic E-state index is -0.142. The van der Waals surface area contributed by atoms with E-state index in [1.165, 1.54) is 0 Å². The van der Waals surface area contributed by atoms with Crippen molar-refractivity contribution in [1.82, 2.24) is 5.32 Å². The zero-order valence-corrected chi connectivity index (χ0v) is 13.2. The van der Waals surface area contributed by atoms with Crippen LogP contribution in [-0.2, 0) is 6.54 Å². The van der Waals surface area contributed by atoms with Gasteiger partial charge in [0, 0.05) is 17.8 Å². The number of nitrogen functional groups attached to an aromatic ring is 1. The van der Waals surface area contributed by atoms with Gasteiger partial charge >= 0.3 is 0 Å². The van der Waals surface area contributed by atoms with Crippen LogP contribution in [0.3, 0.4) is 0 Å². The van der Waals surface area contributed by atoms with Crippen molar-refractivity contribution >= 4 is 23.0 Å². The van der Waals surface area contributed by atoms with Crippen LogP contribution >= 0.6 is 0 Å². The summed E-state index contributed by atoms with van der Waals surface area (Å²) in [5, 5.41) is 6.14. The van der Waals surface area contributed by atoms with E-state index in [0.717, 1.165) is 16.9 Å². The molecular formula is C20H19N3O. The van der Waals surface area contributed by atoms with Crippen LogP contribution in [0.5, 0.6) is 0 Å². The van der Waals surface area contributed by atoms with E-state index < -0.39 is 0 Å². The van der Waals surface area contributed by atoms with Gasteiger partial charge in [-0.3, -0.25) is 4.79 Å². The number of benzene rings is 3. The van der Waals surface area contributed by atoms with Crippen LogP contribution in [0.4, 0.5) is 17.1 Å². The highest BCUT2D eigenvalue weighted by atomic mass is 16.1. The van der Waals surface area contributed by atoms with Gasteiger partial charge in [-0.25, -0.2) is 0 Å². The molecule has 0 heterocycles. The Morgan fingerprint density at radius 1 is 0.875 bits per heavy atom. The summed E-state index contributed by atoms with van der Waals surface area (Å²) in [5.41, 5.74) is 9.93. The van der Waals surface area contributed by atoms with E-state index in [1.807, 2.05) is 66.7 Å². The maximum atomic E-state index is 12.3. The Morgan fingerprint density at radius 3 is 2.21 bits per heavy atom. The summed E-state index contributed by atoms with van der Waals surface area (Å²) in [6, 6.07) is 24.8. The van der Waals surface area contributed by atoms with Crippen LogP contribution in [0.15, 0.2) is 78.9 Å². The maximum Gasteiger partial charge on any atom is 0.251 e. The second-order valence-corrected chi connectivity index (χ2v) is 5.46. The highest BCUT2D eigenvalue weighted by Gasteiger charge is 2.08. The quantitative estimate of drug-likeness (QED) is 0.624. The molecule has 3 rings (SSSR count). The van der Waals surface area contributed by atoms with Crippen molar-refractivity contribution in [2.75, 3.05) is 11.1 Å². The monoisotopic (exact) mass is 317 g/mol. The lowest BCUT2D eigenvalue weighted by atomic mass is 10.1. The molecule has 0 radical (unpaired) electrons. The fraction of sp³-hybridized carbons (Fsp3) is 0.0500. The number of carbonyl (C=O) groups excluding carboxylic acids is 1. The molecule has 0 saturated heterocycles. The lowest BCUT2D eigenvalue weighted by Gasteiger charge is -2.11. The molecule has 0 aliphatic rings. The second-order valence-electron chi connectivity index (χ2n) is 5.46. The third-order valence-electron chi connectivity index (χ3n) is 3.66. The van der Waals surface area contributed by atoms with Gasteiger partial charge in [0.1, 0.15) is 0 Å². The van der Waals surface area contributed by atoms with E-state index in [9.17, 15) is 4.79 Å². The summed E-state index contributed by atoms with van der Waals surface area (Å²) in [5.74, 6) is -0.142. The minimum absolute atomic E-state index is 0.142. The standard InChI is InChI=1S/C20H19N3O/c21-18-13-16(20(24)22-14-15-7-3-1-4-8-15)11-12-19(18)23-17-9-5-2-6-10-17/h1-13,23H,14,21H2,(H,22,24). The van der Waals surface area contributed by atoms with Crippen LogP contribution in [-0.4, -0.2) is 5.91 Å². The topological polar surface area (TPSA) is 67.2 Å². The molecule has 0 bridgehead atoms. The zero-order valence-electron chi connectivity index (χ0n) is 13.2. The van der Waals surface area contributed by atoms with Crippen molar-refractivity contribution in [3.05, 3.63) is 90.0 Å². The van der Waals surface area contributed by atoms with Gasteiger partial charge in [-0.15, -0.1) is 0 Å². The van der Waals surface area contributed by atoms with Gasteiger partial charge in [-0.05, 0) is 35.9 Å². The Hall–Kier alpha value is -3.27. The van der Waals surface area contributed by atoms with Crippen LogP contribution < -0.4 is 16.4 Å². The molecule has 0 atom stereocenters. The van der Waals surface area contributed by atoms with E-state index in [2.05, 4.69) is 10.6 Å². The number of anilines is 3. The predicted octanol–water partition coefficient (Wildman–Crippen LogP) is 3.94. The molecule has 24 heavy (non-hydrogen) atoms. The lowest BCUT2D eigenvalue weighted by Crippen LogP contribution is -2.22. The first-order valence-electron chi connectivity index (χ1n) is 7.76. The van der Waals surface area contributed by atoms with Crippen molar-refractivity contribution < 1.29 is 4.79 Å². The average molecular weight is 317 g/mol. The van der Waals surface area contributed by atoms with Crippen molar-refractivity contribution in [2.45, 2.75) is 6.54 Å². The Bertz CT molecular complexity index is 817. The molecule has 0 aliphatic heterocycles. The molecule has 3 aromatic rings. The highest BCUT2D eigenvalue weighted by molar-refractivity contribution is 5.96. The fourth-order valence-corrected chi connectivity index (χ4v) is 2.38. The Morgan fingerprint density at radius 2 is 1.54 bits per heavy atom. The smallest absolute Gasteiger partial charge is 0.251 e. The van der Waals surface area contributed by atoms with Crippen molar-refractivity contribution in [1.29, 1.82) is 0 Å². The fourth-order valence-electron chi connectivity index (χ4n) is 2.38. The number of hydrogen-bond acceptors (Lipinski definition) is 3. The molecule has 0 spiro atoms. The SMILES string of the molecule is Nc1cc(C(=O)NCc2ccccc2)ccc1Nc1ccccc1. The Kier molecular flexibility index (Phi) is 4.77. The summed E-state index contributed by atoms with van der Waals surface area (Å²) in [4.78, 5) is 12.3. The van der Waals surface area contributed by atoms with Crippen LogP contribution in [0, 0.1) is 0 Å². The molecule has 1 amide bonds. The van der Waals surface area contributed by atoms with E-state index in [1.54, 1.807) is 12.1 Å². The molecule has 3 aromatic carbocycles. The number of hydrogen-bond donors (Lipinski definition) is 3. The Labute approximate surface area is 141 Å². The number of rotatable bonds is 5. The predicted molar refractivity (Wildman–Crippen MR) is 98.2 cm³/mol. The van der Waals surface area contributed by atoms with E-state index in [4.69, 9.17) is 5.73 Å². The summed E-state index contributed by atoms with van der Waals surface area (Å²) >= 11 is 0. The molecule has 0 unspecified atom stereocenters. The summed E-state index contributed by atoms with van der Waals surface area (Å²) in [6.45, 7) is 0.490. The van der Waals surface area contributed by atoms with Crippen LogP contribution in [0.25, 0.3) is 0 Å². The molecule has 4 heteroatoms. The number of nitrogens with two attached hydrogens (primary N) is 1. The second kappa shape index (κ2) is 7.33. The minimum Gasteiger partial charge on any atom is -0.397 e. The van der Waals surface area contributed by atoms with Gasteiger partial charge in [-0.2, -0.15) is 0 Å². The van der Waals surface area contributed by atoms with E-state index >= 15 is 0 Å². The molecule has 4 nitrogen and oxygen atoms in total. The first-order valence-corrected chi connectivity index (χ1v) is 7.76. The zero-order chi connectivity index (χ0) is 16.8. The molecule has 0 fully saturated rings. The van der Waals surface area contributed by atoms with Gasteiger partial charge in [-0.1, -0.05) is 48.5 Å². The van der Waals surface area contributed by atoms with E-state index in [-0.39, 0.29) is 5.91 Å². The lowest BCUT2D eigenvalue weighted by molar-refractivity contribution is 0.0951. The van der Waals surface area contributed by atoms with Gasteiger partial charge in [0.25, 0.3) is 5.91 Å². The maximum absolute atomic E-state index is 12.3. The summed E-state index contributed by atoms with van der Waals surface area (Å²) in [7, 11) is 0. The molecule has 0 aromatic heterocycles. The van der Waals surface area contributed by atoms with Crippen LogP contribution in [0.1, 0.15) is 15.9 Å². The normalized spacial score (nSPS) is 10.2. The van der Waals surface area contributed by atoms with Gasteiger partial charge < -0.3 is 16.4 Å². The number of nitrogens with one attached hydrogen (secondary N) is 2. The van der Waals surface area contributed by atoms with Crippen LogP contribution in [0.2, 0.25) is 0 Å². The molecule has 0 aliphatic carbocycles. The highest BCUT2D eigenvalue weighted by Crippen LogP contribution is 2.24. The molecule has 120 valence electrons. The van der Waals surface area contributed by atoms with Crippen molar-refractivity contribution in [3.8, 4) is 0 Å². The van der Waals surface area contributed by atoms with Crippen molar-refractivity contribution in [2.24, 2.45) is 0 Å².